The van der Waals surface area contributed by atoms with Gasteiger partial charge in [-0.25, -0.2) is 5.43 Å². The van der Waals surface area contributed by atoms with Crippen molar-refractivity contribution >= 4 is 17.7 Å². The summed E-state index contributed by atoms with van der Waals surface area (Å²) in [5, 5.41) is 4.35. The van der Waals surface area contributed by atoms with Crippen molar-refractivity contribution in [2.45, 2.75) is 0 Å². The summed E-state index contributed by atoms with van der Waals surface area (Å²) in [5.41, 5.74) is 5.52. The molecule has 1 amide bonds. The van der Waals surface area contributed by atoms with Gasteiger partial charge in [0.15, 0.2) is 11.5 Å². The van der Waals surface area contributed by atoms with Crippen molar-refractivity contribution in [2.24, 2.45) is 5.10 Å². The van der Waals surface area contributed by atoms with E-state index in [0.29, 0.717) is 17.0 Å². The molecule has 30 heavy (non-hydrogen) atoms. The molecule has 0 radical (unpaired) electrons. The molecule has 1 aliphatic heterocycles. The predicted molar refractivity (Wildman–Crippen MR) is 115 cm³/mol. The lowest BCUT2D eigenvalue weighted by Crippen LogP contribution is -2.19. The Morgan fingerprint density at radius 3 is 2.50 bits per heavy atom. The lowest BCUT2D eigenvalue weighted by Gasteiger charge is -2.06. The zero-order valence-corrected chi connectivity index (χ0v) is 16.4. The first-order valence-electron chi connectivity index (χ1n) is 9.38. The van der Waals surface area contributed by atoms with Gasteiger partial charge in [0.25, 0.3) is 5.91 Å². The van der Waals surface area contributed by atoms with Gasteiger partial charge >= 0.3 is 0 Å². The highest BCUT2D eigenvalue weighted by Crippen LogP contribution is 2.32. The lowest BCUT2D eigenvalue weighted by molar-refractivity contribution is 0.0955. The largest absolute Gasteiger partial charge is 0.497 e. The highest BCUT2D eigenvalue weighted by Gasteiger charge is 2.12. The van der Waals surface area contributed by atoms with E-state index in [-0.39, 0.29) is 12.7 Å². The lowest BCUT2D eigenvalue weighted by atomic mass is 10.1. The van der Waals surface area contributed by atoms with Crippen LogP contribution in [0.1, 0.15) is 21.5 Å². The first-order valence-corrected chi connectivity index (χ1v) is 9.38. The molecular formula is C24H20N2O4. The molecule has 4 rings (SSSR count). The molecule has 0 saturated carbocycles. The van der Waals surface area contributed by atoms with Crippen LogP contribution in [-0.4, -0.2) is 25.5 Å². The highest BCUT2D eigenvalue weighted by atomic mass is 16.7. The zero-order chi connectivity index (χ0) is 20.8. The number of benzene rings is 3. The number of carbonyl (C=O) groups is 1. The van der Waals surface area contributed by atoms with E-state index in [1.165, 1.54) is 0 Å². The summed E-state index contributed by atoms with van der Waals surface area (Å²) >= 11 is 0. The second kappa shape index (κ2) is 8.96. The van der Waals surface area contributed by atoms with Gasteiger partial charge in [-0.15, -0.1) is 0 Å². The molecule has 1 aliphatic rings. The number of methoxy groups -OCH3 is 1. The minimum absolute atomic E-state index is 0.229. The van der Waals surface area contributed by atoms with Gasteiger partial charge in [0.1, 0.15) is 5.75 Å². The molecule has 0 atom stereocenters. The van der Waals surface area contributed by atoms with E-state index in [0.717, 1.165) is 22.6 Å². The molecule has 0 spiro atoms. The van der Waals surface area contributed by atoms with Crippen LogP contribution in [0.3, 0.4) is 0 Å². The SMILES string of the molecule is COc1ccc(C(C=Cc2ccc3c(c2)OCO3)=NNC(=O)c2ccccc2)cc1. The molecule has 6 heteroatoms. The van der Waals surface area contributed by atoms with Gasteiger partial charge in [0.05, 0.1) is 12.8 Å². The topological polar surface area (TPSA) is 69.2 Å². The van der Waals surface area contributed by atoms with E-state index in [9.17, 15) is 4.79 Å². The summed E-state index contributed by atoms with van der Waals surface area (Å²) < 4.78 is 16.0. The van der Waals surface area contributed by atoms with Crippen LogP contribution in [0.25, 0.3) is 6.08 Å². The normalized spacial score (nSPS) is 12.8. The number of hydrogen-bond donors (Lipinski definition) is 1. The van der Waals surface area contributed by atoms with E-state index in [1.54, 1.807) is 19.2 Å². The first-order chi connectivity index (χ1) is 14.7. The zero-order valence-electron chi connectivity index (χ0n) is 16.4. The number of nitrogens with zero attached hydrogens (tertiary/aromatic N) is 1. The van der Waals surface area contributed by atoms with Crippen LogP contribution in [0.5, 0.6) is 17.2 Å². The first kappa shape index (κ1) is 19.3. The van der Waals surface area contributed by atoms with Crippen molar-refractivity contribution in [1.82, 2.24) is 5.43 Å². The standard InChI is InChI=1S/C24H20N2O4/c1-28-20-11-9-18(10-12-20)21(25-26-24(27)19-5-3-2-4-6-19)13-7-17-8-14-22-23(15-17)30-16-29-22/h2-15H,16H2,1H3,(H,26,27). The maximum absolute atomic E-state index is 12.4. The minimum Gasteiger partial charge on any atom is -0.497 e. The Morgan fingerprint density at radius 1 is 0.967 bits per heavy atom. The molecule has 0 unspecified atom stereocenters. The summed E-state index contributed by atoms with van der Waals surface area (Å²) in [6.45, 7) is 0.229. The number of carbonyl (C=O) groups excluding carboxylic acids is 1. The average molecular weight is 400 g/mol. The summed E-state index contributed by atoms with van der Waals surface area (Å²) in [4.78, 5) is 12.4. The van der Waals surface area contributed by atoms with Crippen molar-refractivity contribution < 1.29 is 19.0 Å². The molecule has 3 aromatic carbocycles. The van der Waals surface area contributed by atoms with Crippen LogP contribution in [-0.2, 0) is 0 Å². The van der Waals surface area contributed by atoms with E-state index < -0.39 is 0 Å². The fraction of sp³-hybridized carbons (Fsp3) is 0.0833. The maximum atomic E-state index is 12.4. The third kappa shape index (κ3) is 4.50. The van der Waals surface area contributed by atoms with Crippen molar-refractivity contribution in [2.75, 3.05) is 13.9 Å². The van der Waals surface area contributed by atoms with Crippen LogP contribution in [0.15, 0.2) is 84.0 Å². The smallest absolute Gasteiger partial charge is 0.271 e. The third-order valence-electron chi connectivity index (χ3n) is 4.53. The van der Waals surface area contributed by atoms with Gasteiger partial charge in [-0.05, 0) is 60.2 Å². The van der Waals surface area contributed by atoms with E-state index in [4.69, 9.17) is 14.2 Å². The second-order valence-corrected chi connectivity index (χ2v) is 6.48. The van der Waals surface area contributed by atoms with Crippen molar-refractivity contribution in [3.05, 3.63) is 95.6 Å². The Morgan fingerprint density at radius 2 is 1.73 bits per heavy atom. The molecule has 1 heterocycles. The van der Waals surface area contributed by atoms with Crippen LogP contribution in [0.2, 0.25) is 0 Å². The summed E-state index contributed by atoms with van der Waals surface area (Å²) in [5.74, 6) is 1.90. The Hall–Kier alpha value is -4.06. The molecule has 0 saturated heterocycles. The monoisotopic (exact) mass is 400 g/mol. The molecule has 0 bridgehead atoms. The molecule has 6 nitrogen and oxygen atoms in total. The fourth-order valence-electron chi connectivity index (χ4n) is 2.92. The second-order valence-electron chi connectivity index (χ2n) is 6.48. The predicted octanol–water partition coefficient (Wildman–Crippen LogP) is 4.27. The van der Waals surface area contributed by atoms with Gasteiger partial charge in [-0.2, -0.15) is 5.10 Å². The van der Waals surface area contributed by atoms with Gasteiger partial charge in [-0.1, -0.05) is 30.3 Å². The summed E-state index contributed by atoms with van der Waals surface area (Å²) in [6, 6.07) is 22.1. The van der Waals surface area contributed by atoms with Gasteiger partial charge in [0.2, 0.25) is 6.79 Å². The summed E-state index contributed by atoms with van der Waals surface area (Å²) in [7, 11) is 1.61. The molecule has 150 valence electrons. The number of rotatable bonds is 6. The van der Waals surface area contributed by atoms with Crippen molar-refractivity contribution in [3.8, 4) is 17.2 Å². The molecule has 1 N–H and O–H groups in total. The average Bonchev–Trinajstić information content (AvgIpc) is 3.27. The Labute approximate surface area is 174 Å². The minimum atomic E-state index is -0.280. The van der Waals surface area contributed by atoms with Crippen LogP contribution in [0, 0.1) is 0 Å². The van der Waals surface area contributed by atoms with E-state index in [1.807, 2.05) is 72.8 Å². The van der Waals surface area contributed by atoms with Crippen LogP contribution < -0.4 is 19.6 Å². The number of hydrogen-bond acceptors (Lipinski definition) is 5. The number of fused-ring (bicyclic) bond motifs is 1. The molecule has 0 fully saturated rings. The van der Waals surface area contributed by atoms with Gasteiger partial charge in [0, 0.05) is 11.1 Å². The Balaban J connectivity index is 1.60. The number of amides is 1. The molecular weight excluding hydrogens is 380 g/mol. The number of hydrazone groups is 1. The number of nitrogens with one attached hydrogen (secondary N) is 1. The quantitative estimate of drug-likeness (QED) is 0.496. The molecule has 0 aromatic heterocycles. The van der Waals surface area contributed by atoms with Crippen molar-refractivity contribution in [1.29, 1.82) is 0 Å². The van der Waals surface area contributed by atoms with Crippen molar-refractivity contribution in [3.63, 3.8) is 0 Å². The van der Waals surface area contributed by atoms with Crippen LogP contribution in [0.4, 0.5) is 0 Å². The van der Waals surface area contributed by atoms with E-state index in [2.05, 4.69) is 10.5 Å². The van der Waals surface area contributed by atoms with E-state index >= 15 is 0 Å². The maximum Gasteiger partial charge on any atom is 0.271 e. The van der Waals surface area contributed by atoms with Crippen LogP contribution >= 0.6 is 0 Å². The summed E-state index contributed by atoms with van der Waals surface area (Å²) in [6.07, 6.45) is 3.74. The number of allylic oxidation sites excluding steroid dienone is 1. The third-order valence-corrected chi connectivity index (χ3v) is 4.53. The van der Waals surface area contributed by atoms with Gasteiger partial charge in [-0.3, -0.25) is 4.79 Å². The Bertz CT molecular complexity index is 1090. The number of ether oxygens (including phenoxy) is 3. The van der Waals surface area contributed by atoms with Gasteiger partial charge < -0.3 is 14.2 Å². The molecule has 3 aromatic rings. The highest BCUT2D eigenvalue weighted by molar-refractivity contribution is 6.11. The Kier molecular flexibility index (Phi) is 5.75. The molecule has 0 aliphatic carbocycles. The fourth-order valence-corrected chi connectivity index (χ4v) is 2.92.